The third-order valence-electron chi connectivity index (χ3n) is 7.54. The number of nitrogens with one attached hydrogen (secondary N) is 1. The first-order valence-corrected chi connectivity index (χ1v) is 13.7. The van der Waals surface area contributed by atoms with Crippen LogP contribution in [0.25, 0.3) is 0 Å². The summed E-state index contributed by atoms with van der Waals surface area (Å²) in [5, 5.41) is 10.9. The van der Waals surface area contributed by atoms with Crippen LogP contribution in [0.2, 0.25) is 0 Å². The predicted molar refractivity (Wildman–Crippen MR) is 140 cm³/mol. The van der Waals surface area contributed by atoms with E-state index < -0.39 is 11.7 Å². The van der Waals surface area contributed by atoms with E-state index in [4.69, 9.17) is 11.5 Å². The van der Waals surface area contributed by atoms with Crippen LogP contribution in [0.4, 0.5) is 0 Å². The molecule has 0 radical (unpaired) electrons. The Kier molecular flexibility index (Phi) is 7.78. The van der Waals surface area contributed by atoms with E-state index in [2.05, 4.69) is 34.2 Å². The minimum absolute atomic E-state index is 0.00687. The van der Waals surface area contributed by atoms with Gasteiger partial charge < -0.3 is 26.5 Å². The molecule has 1 saturated heterocycles. The fourth-order valence-corrected chi connectivity index (χ4v) is 6.12. The number of aromatic hydroxyl groups is 1. The molecule has 2 aliphatic rings. The molecule has 0 saturated carbocycles. The second-order valence-electron chi connectivity index (χ2n) is 9.57. The Bertz CT molecular complexity index is 1130. The minimum atomic E-state index is -0.734. The lowest BCUT2D eigenvalue weighted by molar-refractivity contribution is -0.136. The number of piperidine rings is 1. The van der Waals surface area contributed by atoms with Gasteiger partial charge in [0.15, 0.2) is 5.96 Å². The number of imidazole rings is 1. The number of hydrogen-bond donors (Lipinski definition) is 4. The van der Waals surface area contributed by atoms with Gasteiger partial charge in [0, 0.05) is 19.6 Å². The third kappa shape index (κ3) is 5.22. The van der Waals surface area contributed by atoms with Crippen molar-refractivity contribution in [1.29, 1.82) is 0 Å². The molecule has 1 aromatic heterocycles. The number of hydrogen-bond acceptors (Lipinski definition) is 5. The van der Waals surface area contributed by atoms with Gasteiger partial charge in [-0.15, -0.1) is 0 Å². The van der Waals surface area contributed by atoms with E-state index in [-0.39, 0.29) is 23.2 Å². The van der Waals surface area contributed by atoms with Crippen molar-refractivity contribution in [3.05, 3.63) is 51.6 Å². The standard InChI is InChI=1S/C25H36N6O3S/c1-35-16-9-20(31-21(32)19(29-24(31)34)7-4-13-28-23(26)27)22(33)30-14-11-25(12-15-30)10-8-17-5-2-3-6-18(17)25/h2-3,5-6,20,32H,4,7-16H2,1H3,(H,29,34)(H4,26,27,28)/t20-/m1/s1. The van der Waals surface area contributed by atoms with Crippen molar-refractivity contribution >= 4 is 23.6 Å². The molecule has 9 nitrogen and oxygen atoms in total. The predicted octanol–water partition coefficient (Wildman–Crippen LogP) is 1.89. The van der Waals surface area contributed by atoms with E-state index in [1.807, 2.05) is 11.2 Å². The number of amides is 1. The smallest absolute Gasteiger partial charge is 0.329 e. The second kappa shape index (κ2) is 10.8. The highest BCUT2D eigenvalue weighted by atomic mass is 32.2. The Balaban J connectivity index is 1.49. The van der Waals surface area contributed by atoms with Crippen molar-refractivity contribution < 1.29 is 9.90 Å². The Labute approximate surface area is 210 Å². The summed E-state index contributed by atoms with van der Waals surface area (Å²) in [6.07, 6.45) is 7.49. The first kappa shape index (κ1) is 25.2. The van der Waals surface area contributed by atoms with Crippen molar-refractivity contribution in [1.82, 2.24) is 14.5 Å². The van der Waals surface area contributed by atoms with Crippen LogP contribution in [0.3, 0.4) is 0 Å². The van der Waals surface area contributed by atoms with Crippen molar-refractivity contribution in [3.63, 3.8) is 0 Å². The number of aromatic nitrogens is 2. The fourth-order valence-electron chi connectivity index (χ4n) is 5.66. The van der Waals surface area contributed by atoms with Gasteiger partial charge in [-0.3, -0.25) is 14.4 Å². The summed E-state index contributed by atoms with van der Waals surface area (Å²) in [6.45, 7) is 1.71. The zero-order valence-corrected chi connectivity index (χ0v) is 21.1. The van der Waals surface area contributed by atoms with Gasteiger partial charge in [-0.2, -0.15) is 11.8 Å². The van der Waals surface area contributed by atoms with Crippen LogP contribution in [-0.2, 0) is 23.1 Å². The minimum Gasteiger partial charge on any atom is -0.493 e. The maximum absolute atomic E-state index is 13.7. The van der Waals surface area contributed by atoms with Crippen LogP contribution in [0.1, 0.15) is 55.0 Å². The molecule has 1 aliphatic carbocycles. The number of fused-ring (bicyclic) bond motifs is 2. The third-order valence-corrected chi connectivity index (χ3v) is 8.18. The topological polar surface area (TPSA) is 143 Å². The molecule has 35 heavy (non-hydrogen) atoms. The molecule has 4 rings (SSSR count). The number of thioether (sulfide) groups is 1. The number of carbonyl (C=O) groups excluding carboxylic acids is 1. The number of nitrogens with two attached hydrogens (primary N) is 2. The van der Waals surface area contributed by atoms with E-state index in [1.165, 1.54) is 15.7 Å². The number of likely N-dealkylation sites (tertiary alicyclic amines) is 1. The number of nitrogens with zero attached hydrogens (tertiary/aromatic N) is 3. The quantitative estimate of drug-likeness (QED) is 0.235. The van der Waals surface area contributed by atoms with Crippen LogP contribution >= 0.6 is 11.8 Å². The van der Waals surface area contributed by atoms with E-state index in [9.17, 15) is 14.7 Å². The average Bonchev–Trinajstić information content (AvgIpc) is 3.34. The molecule has 1 amide bonds. The van der Waals surface area contributed by atoms with Crippen molar-refractivity contribution in [3.8, 4) is 5.88 Å². The highest BCUT2D eigenvalue weighted by molar-refractivity contribution is 7.98. The molecule has 190 valence electrons. The fraction of sp³-hybridized carbons (Fsp3) is 0.560. The van der Waals surface area contributed by atoms with E-state index >= 15 is 0 Å². The Hall–Kier alpha value is -2.88. The number of carbonyl (C=O) groups is 1. The highest BCUT2D eigenvalue weighted by Gasteiger charge is 2.42. The SMILES string of the molecule is CSCC[C@H](C(=O)N1CCC2(CCc3ccccc32)CC1)n1c(O)c(CCCN=C(N)N)[nH]c1=O. The number of guanidine groups is 1. The zero-order valence-electron chi connectivity index (χ0n) is 20.3. The highest BCUT2D eigenvalue weighted by Crippen LogP contribution is 2.46. The van der Waals surface area contributed by atoms with E-state index in [1.54, 1.807) is 11.8 Å². The molecule has 10 heteroatoms. The maximum Gasteiger partial charge on any atom is 0.329 e. The normalized spacial score (nSPS) is 17.3. The summed E-state index contributed by atoms with van der Waals surface area (Å²) in [5.74, 6) is 0.451. The van der Waals surface area contributed by atoms with Gasteiger partial charge in [0.05, 0.1) is 5.69 Å². The van der Waals surface area contributed by atoms with Gasteiger partial charge in [-0.1, -0.05) is 24.3 Å². The summed E-state index contributed by atoms with van der Waals surface area (Å²) < 4.78 is 1.24. The van der Waals surface area contributed by atoms with Crippen LogP contribution < -0.4 is 17.2 Å². The van der Waals surface area contributed by atoms with Gasteiger partial charge in [-0.25, -0.2) is 4.79 Å². The van der Waals surface area contributed by atoms with Gasteiger partial charge in [0.2, 0.25) is 11.8 Å². The molecular formula is C25H36N6O3S. The van der Waals surface area contributed by atoms with Gasteiger partial charge in [0.25, 0.3) is 0 Å². The Morgan fingerprint density at radius 3 is 2.71 bits per heavy atom. The van der Waals surface area contributed by atoms with Crippen molar-refractivity contribution in [2.24, 2.45) is 16.5 Å². The number of H-pyrrole nitrogens is 1. The largest absolute Gasteiger partial charge is 0.493 e. The molecule has 1 aliphatic heterocycles. The molecular weight excluding hydrogens is 464 g/mol. The summed E-state index contributed by atoms with van der Waals surface area (Å²) in [6, 6.07) is 7.94. The number of aliphatic imine (C=N–C) groups is 1. The van der Waals surface area contributed by atoms with Crippen LogP contribution in [0.5, 0.6) is 5.88 Å². The second-order valence-corrected chi connectivity index (χ2v) is 10.6. The lowest BCUT2D eigenvalue weighted by atomic mass is 9.74. The summed E-state index contributed by atoms with van der Waals surface area (Å²) in [7, 11) is 0. The molecule has 1 spiro atoms. The molecule has 1 atom stereocenters. The Morgan fingerprint density at radius 1 is 1.26 bits per heavy atom. The molecule has 6 N–H and O–H groups in total. The number of rotatable bonds is 9. The number of benzene rings is 1. The average molecular weight is 501 g/mol. The zero-order chi connectivity index (χ0) is 25.0. The molecule has 0 unspecified atom stereocenters. The first-order chi connectivity index (χ1) is 16.9. The molecule has 2 aromatic rings. The van der Waals surface area contributed by atoms with Gasteiger partial charge >= 0.3 is 5.69 Å². The monoisotopic (exact) mass is 500 g/mol. The van der Waals surface area contributed by atoms with E-state index in [0.29, 0.717) is 50.3 Å². The van der Waals surface area contributed by atoms with Crippen LogP contribution in [0.15, 0.2) is 34.1 Å². The number of aryl methyl sites for hydroxylation is 2. The molecule has 1 aromatic carbocycles. The lowest BCUT2D eigenvalue weighted by Gasteiger charge is -2.41. The molecule has 2 heterocycles. The maximum atomic E-state index is 13.7. The van der Waals surface area contributed by atoms with Crippen LogP contribution in [-0.4, -0.2) is 63.1 Å². The van der Waals surface area contributed by atoms with Gasteiger partial charge in [-0.05, 0) is 73.5 Å². The van der Waals surface area contributed by atoms with Crippen LogP contribution in [0, 0.1) is 0 Å². The first-order valence-electron chi connectivity index (χ1n) is 12.3. The van der Waals surface area contributed by atoms with Gasteiger partial charge in [0.1, 0.15) is 6.04 Å². The van der Waals surface area contributed by atoms with Crippen molar-refractivity contribution in [2.75, 3.05) is 31.6 Å². The Morgan fingerprint density at radius 2 is 2.00 bits per heavy atom. The molecule has 1 fully saturated rings. The van der Waals surface area contributed by atoms with E-state index in [0.717, 1.165) is 25.7 Å². The summed E-state index contributed by atoms with van der Waals surface area (Å²) in [5.41, 5.74) is 13.7. The summed E-state index contributed by atoms with van der Waals surface area (Å²) >= 11 is 1.62. The molecule has 0 bridgehead atoms. The number of aromatic amines is 1. The summed E-state index contributed by atoms with van der Waals surface area (Å²) in [4.78, 5) is 35.1. The lowest BCUT2D eigenvalue weighted by Crippen LogP contribution is -2.47. The van der Waals surface area contributed by atoms with Crippen molar-refractivity contribution in [2.45, 2.75) is 56.4 Å².